The van der Waals surface area contributed by atoms with Crippen LogP contribution in [0.1, 0.15) is 40.9 Å². The topological polar surface area (TPSA) is 17.8 Å². The van der Waals surface area contributed by atoms with Crippen LogP contribution in [0.15, 0.2) is 75.7 Å². The Morgan fingerprint density at radius 1 is 1.07 bits per heavy atom. The van der Waals surface area contributed by atoms with Crippen molar-refractivity contribution in [1.82, 2.24) is 9.78 Å². The fourth-order valence-corrected chi connectivity index (χ4v) is 8.50. The van der Waals surface area contributed by atoms with E-state index in [-0.39, 0.29) is 24.8 Å². The second kappa shape index (κ2) is 9.60. The molecule has 0 aliphatic heterocycles. The van der Waals surface area contributed by atoms with Gasteiger partial charge in [-0.1, -0.05) is 0 Å². The average molecular weight is 501 g/mol. The molecule has 5 rings (SSSR count). The van der Waals surface area contributed by atoms with E-state index in [1.807, 2.05) is 6.20 Å². The number of hydrogen-bond donors (Lipinski definition) is 0. The van der Waals surface area contributed by atoms with Crippen LogP contribution in [0.3, 0.4) is 0 Å². The Morgan fingerprint density at radius 2 is 1.86 bits per heavy atom. The summed E-state index contributed by atoms with van der Waals surface area (Å²) >= 11 is -0.806. The molecule has 0 bridgehead atoms. The predicted octanol–water partition coefficient (Wildman–Crippen LogP) is 0.194. The van der Waals surface area contributed by atoms with Crippen molar-refractivity contribution in [1.29, 1.82) is 0 Å². The molecule has 3 aromatic rings. The standard InChI is InChI=1S/C16H11N2.C8H11.2ClH.Zr/c1-2-6-13-10-15(9-12(13)5-1)18-16-8-4-3-7-14(16)11-17-18;1-2-5-8-6-3-4-7-8;;;/h1-11H;3,6H,2,4-5H2,1H3;2*1H;/q;;;;+2/p-2. The minimum Gasteiger partial charge on any atom is -1.00 e. The number of nitrogens with zero attached hydrogens (tertiary/aromatic N) is 2. The summed E-state index contributed by atoms with van der Waals surface area (Å²) in [4.78, 5) is 0. The maximum atomic E-state index is 4.78. The molecule has 5 heteroatoms. The maximum Gasteiger partial charge on any atom is -1.00 e. The van der Waals surface area contributed by atoms with Crippen molar-refractivity contribution < 1.29 is 48.0 Å². The summed E-state index contributed by atoms with van der Waals surface area (Å²) in [6, 6.07) is 17.5. The van der Waals surface area contributed by atoms with E-state index >= 15 is 0 Å². The largest absolute Gasteiger partial charge is 1.00 e. The van der Waals surface area contributed by atoms with Crippen molar-refractivity contribution in [2.75, 3.05) is 0 Å². The summed E-state index contributed by atoms with van der Waals surface area (Å²) in [5.74, 6) is 0. The first kappa shape index (κ1) is 22.3. The normalized spacial score (nSPS) is 16.9. The van der Waals surface area contributed by atoms with E-state index in [1.54, 1.807) is 8.85 Å². The Balaban J connectivity index is 0.00000120. The summed E-state index contributed by atoms with van der Waals surface area (Å²) in [5, 5.41) is 6.00. The van der Waals surface area contributed by atoms with Crippen molar-refractivity contribution in [3.63, 3.8) is 0 Å². The molecule has 1 aromatic heterocycles. The van der Waals surface area contributed by atoms with E-state index in [9.17, 15) is 0 Å². The Morgan fingerprint density at radius 3 is 2.72 bits per heavy atom. The molecule has 0 fully saturated rings. The van der Waals surface area contributed by atoms with Gasteiger partial charge < -0.3 is 24.8 Å². The number of hydrogen-bond acceptors (Lipinski definition) is 1. The predicted molar refractivity (Wildman–Crippen MR) is 109 cm³/mol. The minimum absolute atomic E-state index is 0. The molecule has 0 radical (unpaired) electrons. The third-order valence-corrected chi connectivity index (χ3v) is 9.84. The molecule has 1 unspecified atom stereocenters. The summed E-state index contributed by atoms with van der Waals surface area (Å²) in [7, 11) is 0. The molecule has 2 nitrogen and oxygen atoms in total. The molecule has 0 spiro atoms. The molecular formula is C24H22Cl2N2Zr. The van der Waals surface area contributed by atoms with E-state index in [4.69, 9.17) is 5.10 Å². The van der Waals surface area contributed by atoms with E-state index in [0.29, 0.717) is 3.63 Å². The van der Waals surface area contributed by atoms with E-state index in [1.165, 1.54) is 47.0 Å². The minimum atomic E-state index is -0.806. The Hall–Kier alpha value is -1.41. The van der Waals surface area contributed by atoms with Crippen LogP contribution in [0.4, 0.5) is 0 Å². The van der Waals surface area contributed by atoms with Crippen LogP contribution in [-0.2, 0) is 23.2 Å². The van der Waals surface area contributed by atoms with Gasteiger partial charge in [0.2, 0.25) is 0 Å². The van der Waals surface area contributed by atoms with Crippen LogP contribution < -0.4 is 24.8 Å². The molecule has 2 aliphatic rings. The van der Waals surface area contributed by atoms with Crippen LogP contribution in [0, 0.1) is 0 Å². The fraction of sp³-hybridized carbons (Fsp3) is 0.208. The molecule has 29 heavy (non-hydrogen) atoms. The number of halogens is 2. The van der Waals surface area contributed by atoms with Gasteiger partial charge in [-0.05, 0) is 0 Å². The van der Waals surface area contributed by atoms with Gasteiger partial charge in [-0.2, -0.15) is 0 Å². The number of aromatic nitrogens is 2. The number of allylic oxidation sites excluding steroid dienone is 5. The number of fused-ring (bicyclic) bond motifs is 2. The molecule has 2 aliphatic carbocycles. The summed E-state index contributed by atoms with van der Waals surface area (Å²) in [5.41, 5.74) is 7.10. The van der Waals surface area contributed by atoms with E-state index in [2.05, 4.69) is 78.4 Å². The average Bonchev–Trinajstić information content (AvgIpc) is 3.40. The molecule has 0 saturated heterocycles. The molecule has 1 heterocycles. The van der Waals surface area contributed by atoms with Crippen LogP contribution in [-0.4, -0.2) is 9.78 Å². The van der Waals surface area contributed by atoms with Gasteiger partial charge in [0.25, 0.3) is 0 Å². The maximum absolute atomic E-state index is 4.78. The molecule has 2 aromatic carbocycles. The van der Waals surface area contributed by atoms with Crippen LogP contribution in [0.25, 0.3) is 22.7 Å². The first-order valence-electron chi connectivity index (χ1n) is 9.74. The van der Waals surface area contributed by atoms with Crippen molar-refractivity contribution in [3.05, 3.63) is 86.9 Å². The molecule has 0 N–H and O–H groups in total. The monoisotopic (exact) mass is 498 g/mol. The number of rotatable bonds is 5. The Labute approximate surface area is 196 Å². The molecular weight excluding hydrogens is 478 g/mol. The van der Waals surface area contributed by atoms with Gasteiger partial charge in [0.1, 0.15) is 0 Å². The van der Waals surface area contributed by atoms with Crippen molar-refractivity contribution in [3.8, 4) is 0 Å². The van der Waals surface area contributed by atoms with Gasteiger partial charge in [0, 0.05) is 0 Å². The van der Waals surface area contributed by atoms with Gasteiger partial charge in [0.05, 0.1) is 0 Å². The van der Waals surface area contributed by atoms with Gasteiger partial charge in [-0.3, -0.25) is 0 Å². The van der Waals surface area contributed by atoms with Gasteiger partial charge >= 0.3 is 172 Å². The smallest absolute Gasteiger partial charge is 1.00 e. The molecule has 146 valence electrons. The van der Waals surface area contributed by atoms with Gasteiger partial charge in [-0.15, -0.1) is 0 Å². The Kier molecular flexibility index (Phi) is 7.38. The fourth-order valence-electron chi connectivity index (χ4n) is 4.20. The van der Waals surface area contributed by atoms with Crippen LogP contribution >= 0.6 is 0 Å². The van der Waals surface area contributed by atoms with Crippen molar-refractivity contribution in [2.45, 2.75) is 29.8 Å². The van der Waals surface area contributed by atoms with Crippen LogP contribution in [0.2, 0.25) is 0 Å². The first-order valence-corrected chi connectivity index (χ1v) is 12.4. The molecule has 0 saturated carbocycles. The summed E-state index contributed by atoms with van der Waals surface area (Å²) in [6.07, 6.45) is 12.8. The van der Waals surface area contributed by atoms with Crippen molar-refractivity contribution >= 4 is 22.7 Å². The molecule has 0 amide bonds. The number of para-hydroxylation sites is 1. The second-order valence-corrected chi connectivity index (χ2v) is 10.9. The van der Waals surface area contributed by atoms with Crippen molar-refractivity contribution in [2.24, 2.45) is 0 Å². The molecule has 1 atom stereocenters. The zero-order chi connectivity index (χ0) is 18.2. The Bertz CT molecular complexity index is 1110. The van der Waals surface area contributed by atoms with E-state index < -0.39 is 23.2 Å². The quantitative estimate of drug-likeness (QED) is 0.490. The van der Waals surface area contributed by atoms with Crippen LogP contribution in [0.5, 0.6) is 0 Å². The third kappa shape index (κ3) is 4.11. The van der Waals surface area contributed by atoms with Gasteiger partial charge in [-0.25, -0.2) is 0 Å². The third-order valence-electron chi connectivity index (χ3n) is 5.49. The first-order chi connectivity index (χ1) is 13.3. The number of benzene rings is 2. The zero-order valence-corrected chi connectivity index (χ0v) is 20.2. The van der Waals surface area contributed by atoms with E-state index in [0.717, 1.165) is 0 Å². The SMILES string of the molecule is CCCC1=[C]([Zr+2][CH]2C(n3ncc4ccccc43)=Cc3ccccc32)CC=C1.[Cl-].[Cl-]. The van der Waals surface area contributed by atoms with Gasteiger partial charge in [0.15, 0.2) is 0 Å². The zero-order valence-electron chi connectivity index (χ0n) is 16.3. The second-order valence-electron chi connectivity index (χ2n) is 7.25. The summed E-state index contributed by atoms with van der Waals surface area (Å²) < 4.78 is 4.50. The summed E-state index contributed by atoms with van der Waals surface area (Å²) in [6.45, 7) is 2.29.